The Bertz CT molecular complexity index is 322. The fourth-order valence-corrected chi connectivity index (χ4v) is 1.95. The zero-order valence-electron chi connectivity index (χ0n) is 14.2. The molecule has 0 amide bonds. The first-order valence-electron chi connectivity index (χ1n) is 7.85. The van der Waals surface area contributed by atoms with Gasteiger partial charge < -0.3 is 0 Å². The molecule has 0 unspecified atom stereocenters. The molecule has 4 rings (SSSR count). The van der Waals surface area contributed by atoms with Crippen molar-refractivity contribution in [1.29, 1.82) is 0 Å². The van der Waals surface area contributed by atoms with Crippen LogP contribution >= 0.6 is 0 Å². The predicted molar refractivity (Wildman–Crippen MR) is 98.0 cm³/mol. The number of allylic oxidation sites excluding steroid dienone is 2. The topological polar surface area (TPSA) is 17.1 Å². The quantitative estimate of drug-likeness (QED) is 0.496. The maximum atomic E-state index is 11.5. The number of carbonyl (C=O) groups excluding carboxylic acids is 1. The van der Waals surface area contributed by atoms with Crippen LogP contribution in [-0.4, -0.2) is 5.78 Å². The Labute approximate surface area is 183 Å². The van der Waals surface area contributed by atoms with Crippen molar-refractivity contribution < 1.29 is 38.9 Å². The molecule has 0 aliphatic heterocycles. The first kappa shape index (κ1) is 26.4. The molecule has 4 fully saturated rings. The zero-order valence-corrected chi connectivity index (χ0v) is 16.4. The summed E-state index contributed by atoms with van der Waals surface area (Å²) in [7, 11) is 0. The Morgan fingerprint density at radius 3 is 1.27 bits per heavy atom. The monoisotopic (exact) mass is 424 g/mol. The maximum Gasteiger partial charge on any atom is 0.163 e. The average Bonchev–Trinajstić information content (AvgIpc) is 3.42. The van der Waals surface area contributed by atoms with Crippen LogP contribution in [-0.2, 0) is 38.9 Å². The van der Waals surface area contributed by atoms with Gasteiger partial charge >= 0.3 is 0 Å². The number of ketones is 1. The third-order valence-electron chi connectivity index (χ3n) is 3.17. The summed E-state index contributed by atoms with van der Waals surface area (Å²) in [4.78, 5) is 11.5. The molecule has 0 aromatic rings. The van der Waals surface area contributed by atoms with Crippen molar-refractivity contribution in [1.82, 2.24) is 0 Å². The Kier molecular flexibility index (Phi) is 17.8. The summed E-state index contributed by atoms with van der Waals surface area (Å²) < 4.78 is 0. The van der Waals surface area contributed by atoms with E-state index in [1.165, 1.54) is 0 Å². The van der Waals surface area contributed by atoms with Crippen molar-refractivity contribution in [3.63, 3.8) is 0 Å². The first-order valence-corrected chi connectivity index (χ1v) is 7.85. The summed E-state index contributed by atoms with van der Waals surface area (Å²) in [5.41, 5.74) is 0. The second kappa shape index (κ2) is 17.5. The molecule has 0 heterocycles. The largest absolute Gasteiger partial charge is 0.294 e. The van der Waals surface area contributed by atoms with Crippen LogP contribution in [0, 0.1) is 127 Å². The van der Waals surface area contributed by atoms with Crippen molar-refractivity contribution in [2.45, 2.75) is 0 Å². The SMILES string of the molecule is O=C(/C=C/[C]1[CH][CH][CH][CH]1)[C]1[CH][CH][CH][CH]1.[CH]1[CH][CH][CH][CH]1.[CH]1[CH][CH][CH][CH]1.[Fe].[Fe]. The van der Waals surface area contributed by atoms with Gasteiger partial charge in [-0.05, 0) is 122 Å². The molecular weight excluding hydrogens is 404 g/mol. The molecule has 3 heteroatoms. The summed E-state index contributed by atoms with van der Waals surface area (Å²) in [6, 6.07) is 0. The molecule has 0 aromatic heterocycles. The van der Waals surface area contributed by atoms with Gasteiger partial charge in [-0.2, -0.15) is 0 Å². The third-order valence-corrected chi connectivity index (χ3v) is 3.17. The summed E-state index contributed by atoms with van der Waals surface area (Å²) in [6.45, 7) is 0. The van der Waals surface area contributed by atoms with E-state index in [1.54, 1.807) is 6.08 Å². The minimum Gasteiger partial charge on any atom is -0.294 e. The van der Waals surface area contributed by atoms with Gasteiger partial charge in [-0.25, -0.2) is 0 Å². The van der Waals surface area contributed by atoms with Gasteiger partial charge in [0.15, 0.2) is 5.78 Å². The molecule has 0 spiro atoms. The van der Waals surface area contributed by atoms with Gasteiger partial charge in [0, 0.05) is 40.1 Å². The molecule has 0 bridgehead atoms. The van der Waals surface area contributed by atoms with Gasteiger partial charge in [-0.15, -0.1) is 0 Å². The van der Waals surface area contributed by atoms with Gasteiger partial charge in [0.1, 0.15) is 0 Å². The summed E-state index contributed by atoms with van der Waals surface area (Å²) in [5.74, 6) is 1.86. The van der Waals surface area contributed by atoms with E-state index >= 15 is 0 Å². The van der Waals surface area contributed by atoms with E-state index in [9.17, 15) is 4.79 Å². The molecule has 26 heavy (non-hydrogen) atoms. The molecule has 4 aliphatic rings. The molecule has 134 valence electrons. The van der Waals surface area contributed by atoms with Crippen LogP contribution in [0.15, 0.2) is 12.2 Å². The van der Waals surface area contributed by atoms with E-state index in [0.717, 1.165) is 11.8 Å². The second-order valence-corrected chi connectivity index (χ2v) is 5.01. The Morgan fingerprint density at radius 2 is 0.885 bits per heavy atom. The van der Waals surface area contributed by atoms with Crippen molar-refractivity contribution in [2.75, 3.05) is 0 Å². The second-order valence-electron chi connectivity index (χ2n) is 5.01. The van der Waals surface area contributed by atoms with Crippen molar-refractivity contribution in [2.24, 2.45) is 0 Å². The minimum absolute atomic E-state index is 0. The van der Waals surface area contributed by atoms with Crippen molar-refractivity contribution in [3.05, 3.63) is 140 Å². The van der Waals surface area contributed by atoms with E-state index in [0.29, 0.717) is 0 Å². The number of hydrogen-bond donors (Lipinski definition) is 0. The number of hydrogen-bond acceptors (Lipinski definition) is 1. The predicted octanol–water partition coefficient (Wildman–Crippen LogP) is 3.96. The summed E-state index contributed by atoms with van der Waals surface area (Å²) >= 11 is 0. The van der Waals surface area contributed by atoms with Crippen LogP contribution in [0.4, 0.5) is 0 Å². The van der Waals surface area contributed by atoms with E-state index in [2.05, 4.69) is 0 Å². The smallest absolute Gasteiger partial charge is 0.163 e. The van der Waals surface area contributed by atoms with Gasteiger partial charge in [-0.3, -0.25) is 4.79 Å². The third kappa shape index (κ3) is 12.0. The molecule has 0 aromatic carbocycles. The number of carbonyl (C=O) groups is 1. The molecule has 1 nitrogen and oxygen atoms in total. The van der Waals surface area contributed by atoms with Crippen LogP contribution in [0.3, 0.4) is 0 Å². The summed E-state index contributed by atoms with van der Waals surface area (Å²) in [6.07, 6.45) is 38.6. The van der Waals surface area contributed by atoms with Gasteiger partial charge in [0.25, 0.3) is 0 Å². The fourth-order valence-electron chi connectivity index (χ4n) is 1.95. The molecule has 0 saturated heterocycles. The average molecular weight is 424 g/mol. The Balaban J connectivity index is 0.000000432. The standard InChI is InChI=1S/C13H10O.2C5H5.2Fe/c14-13(12-7-3-4-8-12)10-9-11-5-1-2-6-11;2*1-2-4-5-3-1;;/h1-10H;2*1-5H;;/b10-9+;;;;. The molecule has 0 atom stereocenters. The molecular formula is C23H20Fe2O. The van der Waals surface area contributed by atoms with Crippen molar-refractivity contribution in [3.8, 4) is 0 Å². The normalized spacial score (nSPS) is 22.8. The van der Waals surface area contributed by atoms with Gasteiger partial charge in [0.2, 0.25) is 0 Å². The number of rotatable bonds is 3. The summed E-state index contributed by atoms with van der Waals surface area (Å²) in [5, 5.41) is 0. The van der Waals surface area contributed by atoms with E-state index in [1.807, 2.05) is 122 Å². The minimum atomic E-state index is 0. The molecule has 0 N–H and O–H groups in total. The van der Waals surface area contributed by atoms with Crippen LogP contribution in [0.1, 0.15) is 0 Å². The molecule has 4 aliphatic carbocycles. The maximum absolute atomic E-state index is 11.5. The van der Waals surface area contributed by atoms with Gasteiger partial charge in [-0.1, -0.05) is 6.08 Å². The zero-order chi connectivity index (χ0) is 16.9. The Morgan fingerprint density at radius 1 is 0.538 bits per heavy atom. The van der Waals surface area contributed by atoms with Crippen LogP contribution < -0.4 is 0 Å². The first-order chi connectivity index (χ1) is 11.9. The van der Waals surface area contributed by atoms with E-state index in [-0.39, 0.29) is 39.9 Å². The van der Waals surface area contributed by atoms with E-state index < -0.39 is 0 Å². The van der Waals surface area contributed by atoms with Crippen LogP contribution in [0.5, 0.6) is 0 Å². The van der Waals surface area contributed by atoms with Crippen LogP contribution in [0.2, 0.25) is 0 Å². The van der Waals surface area contributed by atoms with Crippen LogP contribution in [0.25, 0.3) is 0 Å². The van der Waals surface area contributed by atoms with Gasteiger partial charge in [0.05, 0.1) is 5.92 Å². The van der Waals surface area contributed by atoms with E-state index in [4.69, 9.17) is 0 Å². The van der Waals surface area contributed by atoms with Crippen molar-refractivity contribution >= 4 is 5.78 Å². The molecule has 20 radical (unpaired) electrons. The molecule has 4 saturated carbocycles. The fraction of sp³-hybridized carbons (Fsp3) is 0. The Hall–Kier alpha value is 0.449.